The van der Waals surface area contributed by atoms with Crippen molar-refractivity contribution in [3.8, 4) is 0 Å². The summed E-state index contributed by atoms with van der Waals surface area (Å²) in [6.07, 6.45) is 0. The average molecular weight is 174 g/mol. The summed E-state index contributed by atoms with van der Waals surface area (Å²) in [7, 11) is 0. The van der Waals surface area contributed by atoms with Crippen LogP contribution in [0.25, 0.3) is 0 Å². The van der Waals surface area contributed by atoms with Crippen molar-refractivity contribution in [1.82, 2.24) is 0 Å². The van der Waals surface area contributed by atoms with Crippen LogP contribution in [-0.4, -0.2) is 17.0 Å². The minimum atomic E-state index is 0.251. The van der Waals surface area contributed by atoms with Crippen molar-refractivity contribution in [1.29, 1.82) is 0 Å². The predicted molar refractivity (Wildman–Crippen MR) is 46.7 cm³/mol. The van der Waals surface area contributed by atoms with E-state index in [0.717, 1.165) is 0 Å². The van der Waals surface area contributed by atoms with Crippen LogP contribution in [0.4, 0.5) is 0 Å². The van der Waals surface area contributed by atoms with Crippen molar-refractivity contribution in [2.24, 2.45) is 0 Å². The molecule has 0 spiro atoms. The van der Waals surface area contributed by atoms with E-state index in [9.17, 15) is 0 Å². The second kappa shape index (κ2) is 4.01. The van der Waals surface area contributed by atoms with Gasteiger partial charge in [0.1, 0.15) is 0 Å². The molecule has 0 fully saturated rings. The van der Waals surface area contributed by atoms with Gasteiger partial charge in [-0.1, -0.05) is 6.92 Å². The number of thiophene rings is 1. The zero-order valence-electron chi connectivity index (χ0n) is 5.78. The molecule has 1 heterocycles. The highest BCUT2D eigenvalue weighted by Gasteiger charge is 2.01. The van der Waals surface area contributed by atoms with Crippen LogP contribution in [0.5, 0.6) is 0 Å². The summed E-state index contributed by atoms with van der Waals surface area (Å²) in [4.78, 5) is 1.26. The van der Waals surface area contributed by atoms with Crippen molar-refractivity contribution < 1.29 is 5.11 Å². The molecular weight excluding hydrogens is 164 g/mol. The van der Waals surface area contributed by atoms with Crippen LogP contribution >= 0.6 is 23.1 Å². The second-order valence-corrected chi connectivity index (χ2v) is 4.36. The lowest BCUT2D eigenvalue weighted by molar-refractivity contribution is 0.300. The van der Waals surface area contributed by atoms with Gasteiger partial charge in [0.2, 0.25) is 0 Å². The first-order valence-electron chi connectivity index (χ1n) is 3.12. The molecule has 1 aromatic rings. The third-order valence-corrected chi connectivity index (χ3v) is 3.00. The van der Waals surface area contributed by atoms with E-state index in [1.165, 1.54) is 4.90 Å². The molecule has 56 valence electrons. The Labute approximate surface area is 69.1 Å². The minimum absolute atomic E-state index is 0.251. The zero-order chi connectivity index (χ0) is 7.40. The number of rotatable bonds is 3. The number of hydrogen-bond acceptors (Lipinski definition) is 3. The molecule has 0 saturated carbocycles. The molecule has 0 radical (unpaired) electrons. The molecule has 1 nitrogen and oxygen atoms in total. The Morgan fingerprint density at radius 1 is 1.80 bits per heavy atom. The molecule has 10 heavy (non-hydrogen) atoms. The summed E-state index contributed by atoms with van der Waals surface area (Å²) >= 11 is 3.40. The normalized spacial score (nSPS) is 13.4. The van der Waals surface area contributed by atoms with Gasteiger partial charge in [0.05, 0.1) is 6.61 Å². The first kappa shape index (κ1) is 8.11. The number of thioether (sulfide) groups is 1. The Hall–Kier alpha value is 0.01000. The van der Waals surface area contributed by atoms with Gasteiger partial charge >= 0.3 is 0 Å². The highest BCUT2D eigenvalue weighted by Crippen LogP contribution is 2.24. The summed E-state index contributed by atoms with van der Waals surface area (Å²) in [6.45, 7) is 2.27. The molecule has 0 saturated heterocycles. The number of aliphatic hydroxyl groups is 1. The van der Waals surface area contributed by atoms with E-state index in [-0.39, 0.29) is 6.61 Å². The van der Waals surface area contributed by atoms with E-state index in [1.807, 2.05) is 12.3 Å². The van der Waals surface area contributed by atoms with Crippen molar-refractivity contribution in [3.63, 3.8) is 0 Å². The molecular formula is C7H10OS2. The Morgan fingerprint density at radius 3 is 3.10 bits per heavy atom. The van der Waals surface area contributed by atoms with Gasteiger partial charge in [0.15, 0.2) is 0 Å². The van der Waals surface area contributed by atoms with Gasteiger partial charge in [-0.3, -0.25) is 0 Å². The Morgan fingerprint density at radius 2 is 2.60 bits per heavy atom. The largest absolute Gasteiger partial charge is 0.395 e. The van der Waals surface area contributed by atoms with Crippen molar-refractivity contribution >= 4 is 23.1 Å². The molecule has 3 heteroatoms. The van der Waals surface area contributed by atoms with Crippen LogP contribution in [0.2, 0.25) is 0 Å². The van der Waals surface area contributed by atoms with Crippen LogP contribution in [0, 0.1) is 0 Å². The maximum absolute atomic E-state index is 8.72. The van der Waals surface area contributed by atoms with Crippen molar-refractivity contribution in [2.75, 3.05) is 6.61 Å². The third-order valence-electron chi connectivity index (χ3n) is 1.09. The topological polar surface area (TPSA) is 20.2 Å². The van der Waals surface area contributed by atoms with Gasteiger partial charge in [0, 0.05) is 15.5 Å². The molecule has 0 amide bonds. The molecule has 1 atom stereocenters. The van der Waals surface area contributed by atoms with Crippen LogP contribution in [0.15, 0.2) is 21.7 Å². The quantitative estimate of drug-likeness (QED) is 0.709. The predicted octanol–water partition coefficient (Wildman–Crippen LogP) is 2.22. The first-order chi connectivity index (χ1) is 4.83. The van der Waals surface area contributed by atoms with E-state index in [4.69, 9.17) is 5.11 Å². The summed E-state index contributed by atoms with van der Waals surface area (Å²) in [5.41, 5.74) is 0. The number of aliphatic hydroxyl groups excluding tert-OH is 1. The molecule has 0 aliphatic carbocycles. The van der Waals surface area contributed by atoms with Crippen molar-refractivity contribution in [2.45, 2.75) is 17.1 Å². The van der Waals surface area contributed by atoms with Crippen LogP contribution < -0.4 is 0 Å². The second-order valence-electron chi connectivity index (χ2n) is 2.07. The lowest BCUT2D eigenvalue weighted by Crippen LogP contribution is -2.00. The zero-order valence-corrected chi connectivity index (χ0v) is 7.41. The van der Waals surface area contributed by atoms with Gasteiger partial charge in [-0.2, -0.15) is 11.3 Å². The number of hydrogen-bond donors (Lipinski definition) is 1. The van der Waals surface area contributed by atoms with E-state index in [2.05, 4.69) is 11.4 Å². The fraction of sp³-hybridized carbons (Fsp3) is 0.429. The van der Waals surface area contributed by atoms with E-state index in [1.54, 1.807) is 23.1 Å². The van der Waals surface area contributed by atoms with Gasteiger partial charge in [-0.15, -0.1) is 11.8 Å². The molecule has 0 unspecified atom stereocenters. The highest BCUT2D eigenvalue weighted by molar-refractivity contribution is 8.00. The average Bonchev–Trinajstić information content (AvgIpc) is 2.40. The monoisotopic (exact) mass is 174 g/mol. The Kier molecular flexibility index (Phi) is 3.25. The van der Waals surface area contributed by atoms with Crippen LogP contribution in [-0.2, 0) is 0 Å². The van der Waals surface area contributed by atoms with Crippen LogP contribution in [0.1, 0.15) is 6.92 Å². The molecule has 1 rings (SSSR count). The third kappa shape index (κ3) is 2.33. The molecule has 0 aliphatic rings. The Bertz CT molecular complexity index is 172. The fourth-order valence-electron chi connectivity index (χ4n) is 0.589. The SMILES string of the molecule is C[C@@H](CO)Sc1ccsc1. The minimum Gasteiger partial charge on any atom is -0.395 e. The lowest BCUT2D eigenvalue weighted by Gasteiger charge is -2.03. The summed E-state index contributed by atoms with van der Waals surface area (Å²) in [5.74, 6) is 0. The standard InChI is InChI=1S/C7H10OS2/c1-6(4-8)10-7-2-3-9-5-7/h2-3,5-6,8H,4H2,1H3/t6-/m0/s1. The molecule has 0 aliphatic heterocycles. The van der Waals surface area contributed by atoms with E-state index in [0.29, 0.717) is 5.25 Å². The molecule has 0 aromatic carbocycles. The van der Waals surface area contributed by atoms with E-state index >= 15 is 0 Å². The highest BCUT2D eigenvalue weighted by atomic mass is 32.2. The summed E-state index contributed by atoms with van der Waals surface area (Å²) in [5, 5.41) is 13.2. The molecule has 1 aromatic heterocycles. The summed E-state index contributed by atoms with van der Waals surface area (Å²) in [6, 6.07) is 2.07. The smallest absolute Gasteiger partial charge is 0.0550 e. The van der Waals surface area contributed by atoms with Crippen molar-refractivity contribution in [3.05, 3.63) is 16.8 Å². The maximum atomic E-state index is 8.72. The lowest BCUT2D eigenvalue weighted by atomic mass is 10.5. The van der Waals surface area contributed by atoms with Gasteiger partial charge in [-0.05, 0) is 11.4 Å². The van der Waals surface area contributed by atoms with Gasteiger partial charge in [0.25, 0.3) is 0 Å². The first-order valence-corrected chi connectivity index (χ1v) is 4.95. The molecule has 1 N–H and O–H groups in total. The van der Waals surface area contributed by atoms with E-state index < -0.39 is 0 Å². The van der Waals surface area contributed by atoms with Gasteiger partial charge < -0.3 is 5.11 Å². The fourth-order valence-corrected chi connectivity index (χ4v) is 2.27. The van der Waals surface area contributed by atoms with Crippen LogP contribution in [0.3, 0.4) is 0 Å². The Balaban J connectivity index is 2.40. The maximum Gasteiger partial charge on any atom is 0.0550 e. The molecule has 0 bridgehead atoms. The van der Waals surface area contributed by atoms with Gasteiger partial charge in [-0.25, -0.2) is 0 Å². The summed E-state index contributed by atoms with van der Waals surface area (Å²) < 4.78 is 0.